The van der Waals surface area contributed by atoms with Crippen LogP contribution in [0.1, 0.15) is 46.4 Å². The summed E-state index contributed by atoms with van der Waals surface area (Å²) in [5, 5.41) is 9.08. The zero-order chi connectivity index (χ0) is 18.0. The van der Waals surface area contributed by atoms with Gasteiger partial charge in [-0.3, -0.25) is 24.1 Å². The Hall–Kier alpha value is -2.70. The maximum atomic E-state index is 12.3. The number of carboxylic acid groups (broad SMARTS) is 1. The quantitative estimate of drug-likeness (QED) is 0.815. The molecule has 0 saturated carbocycles. The standard InChI is InChI=1S/C18H20N2O5/c21-15(19-9-3-5-12(11-19)18(24)25)8-4-10-20-16(22)13-6-1-2-7-14(13)17(20)23/h1-2,6-7,12H,3-5,8-11H2,(H,24,25)/t12-/m0/s1. The lowest BCUT2D eigenvalue weighted by Gasteiger charge is -2.30. The molecule has 0 aliphatic carbocycles. The van der Waals surface area contributed by atoms with E-state index in [1.54, 1.807) is 29.2 Å². The molecule has 1 aromatic carbocycles. The van der Waals surface area contributed by atoms with E-state index in [2.05, 4.69) is 0 Å². The summed E-state index contributed by atoms with van der Waals surface area (Å²) in [6.45, 7) is 0.991. The number of hydrogen-bond donors (Lipinski definition) is 1. The minimum atomic E-state index is -0.872. The van der Waals surface area contributed by atoms with Crippen LogP contribution in [0.3, 0.4) is 0 Å². The van der Waals surface area contributed by atoms with Crippen LogP contribution in [0.15, 0.2) is 24.3 Å². The van der Waals surface area contributed by atoms with Gasteiger partial charge in [-0.1, -0.05) is 12.1 Å². The average molecular weight is 344 g/mol. The zero-order valence-electron chi connectivity index (χ0n) is 13.8. The second kappa shape index (κ2) is 7.04. The molecular weight excluding hydrogens is 324 g/mol. The van der Waals surface area contributed by atoms with Crippen molar-refractivity contribution in [1.29, 1.82) is 0 Å². The highest BCUT2D eigenvalue weighted by Gasteiger charge is 2.35. The van der Waals surface area contributed by atoms with Crippen LogP contribution in [-0.4, -0.2) is 58.2 Å². The minimum absolute atomic E-state index is 0.123. The predicted octanol–water partition coefficient (Wildman–Crippen LogP) is 1.39. The van der Waals surface area contributed by atoms with Crippen molar-refractivity contribution in [3.05, 3.63) is 35.4 Å². The summed E-state index contributed by atoms with van der Waals surface area (Å²) in [4.78, 5) is 50.6. The van der Waals surface area contributed by atoms with E-state index < -0.39 is 11.9 Å². The number of carboxylic acids is 1. The smallest absolute Gasteiger partial charge is 0.308 e. The van der Waals surface area contributed by atoms with Gasteiger partial charge in [-0.25, -0.2) is 0 Å². The number of hydrogen-bond acceptors (Lipinski definition) is 4. The first-order chi connectivity index (χ1) is 12.0. The predicted molar refractivity (Wildman–Crippen MR) is 88.0 cm³/mol. The van der Waals surface area contributed by atoms with Crippen LogP contribution in [-0.2, 0) is 9.59 Å². The van der Waals surface area contributed by atoms with E-state index in [9.17, 15) is 19.2 Å². The van der Waals surface area contributed by atoms with E-state index in [1.165, 1.54) is 4.90 Å². The van der Waals surface area contributed by atoms with Gasteiger partial charge in [0.05, 0.1) is 17.0 Å². The third kappa shape index (κ3) is 3.40. The van der Waals surface area contributed by atoms with E-state index in [0.717, 1.165) is 0 Å². The summed E-state index contributed by atoms with van der Waals surface area (Å²) in [5.41, 5.74) is 0.804. The van der Waals surface area contributed by atoms with Crippen LogP contribution in [0.25, 0.3) is 0 Å². The second-order valence-electron chi connectivity index (χ2n) is 6.43. The number of imide groups is 1. The lowest BCUT2D eigenvalue weighted by atomic mass is 9.98. The molecule has 1 saturated heterocycles. The molecule has 7 nitrogen and oxygen atoms in total. The van der Waals surface area contributed by atoms with Gasteiger partial charge in [-0.05, 0) is 31.4 Å². The molecule has 1 N–H and O–H groups in total. The third-order valence-electron chi connectivity index (χ3n) is 4.77. The number of fused-ring (bicyclic) bond motifs is 1. The van der Waals surface area contributed by atoms with Gasteiger partial charge in [0.1, 0.15) is 0 Å². The molecule has 1 atom stereocenters. The summed E-state index contributed by atoms with van der Waals surface area (Å²) in [5.74, 6) is -2.14. The fraction of sp³-hybridized carbons (Fsp3) is 0.444. The van der Waals surface area contributed by atoms with Crippen molar-refractivity contribution in [3.8, 4) is 0 Å². The zero-order valence-corrected chi connectivity index (χ0v) is 13.8. The van der Waals surface area contributed by atoms with Gasteiger partial charge in [0.25, 0.3) is 11.8 Å². The van der Waals surface area contributed by atoms with Crippen LogP contribution in [0.5, 0.6) is 0 Å². The summed E-state index contributed by atoms with van der Waals surface area (Å²) in [7, 11) is 0. The molecule has 3 rings (SSSR count). The van der Waals surface area contributed by atoms with Crippen molar-refractivity contribution in [2.45, 2.75) is 25.7 Å². The largest absolute Gasteiger partial charge is 0.481 e. The number of piperidine rings is 1. The number of carbonyl (C=O) groups is 4. The molecule has 0 aromatic heterocycles. The summed E-state index contributed by atoms with van der Waals surface area (Å²) in [6.07, 6.45) is 1.84. The van der Waals surface area contributed by atoms with Gasteiger partial charge in [0.2, 0.25) is 5.91 Å². The monoisotopic (exact) mass is 344 g/mol. The first-order valence-corrected chi connectivity index (χ1v) is 8.45. The fourth-order valence-corrected chi connectivity index (χ4v) is 3.39. The number of carbonyl (C=O) groups excluding carboxylic acids is 3. The lowest BCUT2D eigenvalue weighted by molar-refractivity contribution is -0.145. The molecule has 0 radical (unpaired) electrons. The number of rotatable bonds is 5. The fourth-order valence-electron chi connectivity index (χ4n) is 3.39. The molecule has 1 fully saturated rings. The van der Waals surface area contributed by atoms with E-state index in [0.29, 0.717) is 36.9 Å². The molecule has 0 unspecified atom stereocenters. The Morgan fingerprint density at radius 1 is 1.12 bits per heavy atom. The van der Waals surface area contributed by atoms with Crippen molar-refractivity contribution < 1.29 is 24.3 Å². The van der Waals surface area contributed by atoms with Crippen LogP contribution in [0.4, 0.5) is 0 Å². The van der Waals surface area contributed by atoms with E-state index in [1.807, 2.05) is 0 Å². The molecular formula is C18H20N2O5. The normalized spacial score (nSPS) is 19.9. The third-order valence-corrected chi connectivity index (χ3v) is 4.77. The highest BCUT2D eigenvalue weighted by Crippen LogP contribution is 2.23. The Kier molecular flexibility index (Phi) is 4.83. The van der Waals surface area contributed by atoms with Gasteiger partial charge >= 0.3 is 5.97 Å². The number of aliphatic carboxylic acids is 1. The van der Waals surface area contributed by atoms with Crippen LogP contribution >= 0.6 is 0 Å². The van der Waals surface area contributed by atoms with Crippen LogP contribution < -0.4 is 0 Å². The van der Waals surface area contributed by atoms with E-state index in [4.69, 9.17) is 5.11 Å². The Labute approximate surface area is 145 Å². The topological polar surface area (TPSA) is 95.0 Å². The number of nitrogens with zero attached hydrogens (tertiary/aromatic N) is 2. The average Bonchev–Trinajstić information content (AvgIpc) is 2.87. The molecule has 0 spiro atoms. The Morgan fingerprint density at radius 2 is 1.76 bits per heavy atom. The van der Waals surface area contributed by atoms with Crippen molar-refractivity contribution >= 4 is 23.7 Å². The van der Waals surface area contributed by atoms with Crippen molar-refractivity contribution in [3.63, 3.8) is 0 Å². The first kappa shape index (κ1) is 17.1. The van der Waals surface area contributed by atoms with Gasteiger partial charge in [0, 0.05) is 26.1 Å². The summed E-state index contributed by atoms with van der Waals surface area (Å²) >= 11 is 0. The van der Waals surface area contributed by atoms with Gasteiger partial charge < -0.3 is 10.0 Å². The molecule has 2 aliphatic heterocycles. The molecule has 0 bridgehead atoms. The molecule has 7 heteroatoms. The van der Waals surface area contributed by atoms with E-state index in [-0.39, 0.29) is 37.2 Å². The summed E-state index contributed by atoms with van der Waals surface area (Å²) < 4.78 is 0. The molecule has 132 valence electrons. The Morgan fingerprint density at radius 3 is 2.36 bits per heavy atom. The number of amides is 3. The Bertz CT molecular complexity index is 695. The first-order valence-electron chi connectivity index (χ1n) is 8.45. The molecule has 25 heavy (non-hydrogen) atoms. The van der Waals surface area contributed by atoms with E-state index >= 15 is 0 Å². The molecule has 3 amide bonds. The van der Waals surface area contributed by atoms with Crippen LogP contribution in [0, 0.1) is 5.92 Å². The van der Waals surface area contributed by atoms with Gasteiger partial charge in [-0.2, -0.15) is 0 Å². The molecule has 1 aromatic rings. The van der Waals surface area contributed by atoms with Crippen molar-refractivity contribution in [1.82, 2.24) is 9.80 Å². The van der Waals surface area contributed by atoms with Gasteiger partial charge in [-0.15, -0.1) is 0 Å². The summed E-state index contributed by atoms with van der Waals surface area (Å²) in [6, 6.07) is 6.68. The second-order valence-corrected chi connectivity index (χ2v) is 6.43. The number of likely N-dealkylation sites (tertiary alicyclic amines) is 1. The van der Waals surface area contributed by atoms with Gasteiger partial charge in [0.15, 0.2) is 0 Å². The molecule has 2 heterocycles. The van der Waals surface area contributed by atoms with Crippen molar-refractivity contribution in [2.24, 2.45) is 5.92 Å². The Balaban J connectivity index is 1.52. The lowest BCUT2D eigenvalue weighted by Crippen LogP contribution is -2.42. The highest BCUT2D eigenvalue weighted by atomic mass is 16.4. The number of benzene rings is 1. The van der Waals surface area contributed by atoms with Crippen molar-refractivity contribution in [2.75, 3.05) is 19.6 Å². The van der Waals surface area contributed by atoms with Crippen LogP contribution in [0.2, 0.25) is 0 Å². The SMILES string of the molecule is O=C(O)[C@H]1CCCN(C(=O)CCCN2C(=O)c3ccccc3C2=O)C1. The molecule has 2 aliphatic rings. The maximum absolute atomic E-state index is 12.3. The maximum Gasteiger partial charge on any atom is 0.308 e. The minimum Gasteiger partial charge on any atom is -0.481 e. The highest BCUT2D eigenvalue weighted by molar-refractivity contribution is 6.21.